The molecule has 0 saturated carbocycles. The number of rotatable bonds is 7. The van der Waals surface area contributed by atoms with Gasteiger partial charge in [0.25, 0.3) is 0 Å². The average molecular weight is 240 g/mol. The van der Waals surface area contributed by atoms with Gasteiger partial charge in [-0.15, -0.1) is 0 Å². The van der Waals surface area contributed by atoms with Crippen LogP contribution in [0.15, 0.2) is 16.5 Å². The summed E-state index contributed by atoms with van der Waals surface area (Å²) in [5.41, 5.74) is 0. The first-order chi connectivity index (χ1) is 8.13. The maximum atomic E-state index is 11.5. The quantitative estimate of drug-likeness (QED) is 0.698. The number of amides is 1. The van der Waals surface area contributed by atoms with Crippen molar-refractivity contribution in [1.82, 2.24) is 10.6 Å². The predicted octanol–water partition coefficient (Wildman–Crippen LogP) is 1.00. The summed E-state index contributed by atoms with van der Waals surface area (Å²) in [5, 5.41) is 5.83. The lowest BCUT2D eigenvalue weighted by Crippen LogP contribution is -2.36. The van der Waals surface area contributed by atoms with Gasteiger partial charge in [0.2, 0.25) is 5.91 Å². The maximum Gasteiger partial charge on any atom is 0.234 e. The molecule has 1 unspecified atom stereocenters. The molecule has 1 atom stereocenters. The van der Waals surface area contributed by atoms with E-state index in [2.05, 4.69) is 10.6 Å². The summed E-state index contributed by atoms with van der Waals surface area (Å²) in [6.07, 6.45) is 0. The highest BCUT2D eigenvalue weighted by atomic mass is 16.5. The summed E-state index contributed by atoms with van der Waals surface area (Å²) in [7, 11) is 1.63. The van der Waals surface area contributed by atoms with Crippen LogP contribution in [0.1, 0.15) is 24.5 Å². The predicted molar refractivity (Wildman–Crippen MR) is 64.7 cm³/mol. The second kappa shape index (κ2) is 7.09. The topological polar surface area (TPSA) is 63.5 Å². The molecule has 0 spiro atoms. The molecule has 0 aliphatic rings. The van der Waals surface area contributed by atoms with Crippen molar-refractivity contribution in [2.24, 2.45) is 0 Å². The lowest BCUT2D eigenvalue weighted by Gasteiger charge is -2.11. The van der Waals surface area contributed by atoms with E-state index < -0.39 is 0 Å². The van der Waals surface area contributed by atoms with Gasteiger partial charge in [-0.25, -0.2) is 0 Å². The fourth-order valence-corrected chi connectivity index (χ4v) is 1.43. The Morgan fingerprint density at radius 3 is 2.88 bits per heavy atom. The monoisotopic (exact) mass is 240 g/mol. The number of ether oxygens (including phenoxy) is 1. The zero-order valence-corrected chi connectivity index (χ0v) is 10.6. The Balaban J connectivity index is 2.26. The molecule has 1 aromatic rings. The van der Waals surface area contributed by atoms with Gasteiger partial charge in [0, 0.05) is 13.7 Å². The molecule has 0 aromatic carbocycles. The molecule has 96 valence electrons. The van der Waals surface area contributed by atoms with Crippen molar-refractivity contribution in [3.8, 4) is 0 Å². The number of hydrogen-bond donors (Lipinski definition) is 2. The van der Waals surface area contributed by atoms with E-state index in [0.29, 0.717) is 13.2 Å². The highest BCUT2D eigenvalue weighted by Crippen LogP contribution is 2.14. The van der Waals surface area contributed by atoms with Crippen molar-refractivity contribution >= 4 is 5.91 Å². The number of carbonyl (C=O) groups excluding carboxylic acids is 1. The zero-order valence-electron chi connectivity index (χ0n) is 10.6. The molecular weight excluding hydrogens is 220 g/mol. The van der Waals surface area contributed by atoms with Crippen LogP contribution in [-0.4, -0.2) is 32.7 Å². The Bertz CT molecular complexity index is 349. The first-order valence-electron chi connectivity index (χ1n) is 5.69. The first kappa shape index (κ1) is 13.7. The summed E-state index contributed by atoms with van der Waals surface area (Å²) in [5.74, 6) is 1.56. The summed E-state index contributed by atoms with van der Waals surface area (Å²) >= 11 is 0. The van der Waals surface area contributed by atoms with Crippen LogP contribution in [0.25, 0.3) is 0 Å². The van der Waals surface area contributed by atoms with Gasteiger partial charge in [0.1, 0.15) is 11.5 Å². The number of methoxy groups -OCH3 is 1. The van der Waals surface area contributed by atoms with Crippen molar-refractivity contribution < 1.29 is 13.9 Å². The van der Waals surface area contributed by atoms with Gasteiger partial charge in [-0.05, 0) is 26.0 Å². The zero-order chi connectivity index (χ0) is 12.7. The molecule has 0 aliphatic carbocycles. The van der Waals surface area contributed by atoms with Crippen LogP contribution in [0.3, 0.4) is 0 Å². The third-order valence-corrected chi connectivity index (χ3v) is 2.33. The SMILES string of the molecule is COCCNCC(=O)NC(C)c1ccc(C)o1. The van der Waals surface area contributed by atoms with Crippen LogP contribution < -0.4 is 10.6 Å². The van der Waals surface area contributed by atoms with Crippen LogP contribution in [0, 0.1) is 6.92 Å². The van der Waals surface area contributed by atoms with Gasteiger partial charge in [-0.1, -0.05) is 0 Å². The molecule has 0 radical (unpaired) electrons. The van der Waals surface area contributed by atoms with E-state index in [1.165, 1.54) is 0 Å². The molecule has 5 heteroatoms. The molecule has 0 fully saturated rings. The minimum absolute atomic E-state index is 0.0531. The van der Waals surface area contributed by atoms with E-state index in [1.807, 2.05) is 26.0 Å². The summed E-state index contributed by atoms with van der Waals surface area (Å²) in [4.78, 5) is 11.5. The maximum absolute atomic E-state index is 11.5. The minimum Gasteiger partial charge on any atom is -0.464 e. The molecule has 1 rings (SSSR count). The lowest BCUT2D eigenvalue weighted by molar-refractivity contribution is -0.121. The Morgan fingerprint density at radius 2 is 2.29 bits per heavy atom. The molecule has 0 aliphatic heterocycles. The number of furan rings is 1. The number of hydrogen-bond acceptors (Lipinski definition) is 4. The lowest BCUT2D eigenvalue weighted by atomic mass is 10.2. The van der Waals surface area contributed by atoms with Gasteiger partial charge >= 0.3 is 0 Å². The van der Waals surface area contributed by atoms with E-state index in [1.54, 1.807) is 7.11 Å². The van der Waals surface area contributed by atoms with E-state index in [0.717, 1.165) is 11.5 Å². The van der Waals surface area contributed by atoms with Crippen LogP contribution >= 0.6 is 0 Å². The highest BCUT2D eigenvalue weighted by Gasteiger charge is 2.11. The van der Waals surface area contributed by atoms with Crippen molar-refractivity contribution in [3.05, 3.63) is 23.7 Å². The van der Waals surface area contributed by atoms with E-state index in [9.17, 15) is 4.79 Å². The standard InChI is InChI=1S/C12H20N2O3/c1-9-4-5-11(17-9)10(2)14-12(15)8-13-6-7-16-3/h4-5,10,13H,6-8H2,1-3H3,(H,14,15). The number of aryl methyl sites for hydroxylation is 1. The second-order valence-electron chi connectivity index (χ2n) is 3.91. The first-order valence-corrected chi connectivity index (χ1v) is 5.69. The Hall–Kier alpha value is -1.33. The van der Waals surface area contributed by atoms with Crippen molar-refractivity contribution in [3.63, 3.8) is 0 Å². The third kappa shape index (κ3) is 5.01. The molecule has 0 bridgehead atoms. The van der Waals surface area contributed by atoms with Crippen LogP contribution in [0.5, 0.6) is 0 Å². The fourth-order valence-electron chi connectivity index (χ4n) is 1.43. The second-order valence-corrected chi connectivity index (χ2v) is 3.91. The highest BCUT2D eigenvalue weighted by molar-refractivity contribution is 5.78. The average Bonchev–Trinajstić information content (AvgIpc) is 2.71. The smallest absolute Gasteiger partial charge is 0.234 e. The fraction of sp³-hybridized carbons (Fsp3) is 0.583. The molecule has 1 amide bonds. The Morgan fingerprint density at radius 1 is 1.53 bits per heavy atom. The van der Waals surface area contributed by atoms with E-state index in [-0.39, 0.29) is 18.5 Å². The minimum atomic E-state index is -0.111. The third-order valence-electron chi connectivity index (χ3n) is 2.33. The number of carbonyl (C=O) groups is 1. The van der Waals surface area contributed by atoms with Gasteiger partial charge in [-0.3, -0.25) is 4.79 Å². The van der Waals surface area contributed by atoms with Gasteiger partial charge in [0.05, 0.1) is 19.2 Å². The Labute approximate surface area is 102 Å². The van der Waals surface area contributed by atoms with Gasteiger partial charge in [0.15, 0.2) is 0 Å². The molecular formula is C12H20N2O3. The normalized spacial score (nSPS) is 12.4. The number of nitrogens with one attached hydrogen (secondary N) is 2. The Kier molecular flexibility index (Phi) is 5.72. The van der Waals surface area contributed by atoms with E-state index >= 15 is 0 Å². The molecule has 1 heterocycles. The molecule has 0 saturated heterocycles. The largest absolute Gasteiger partial charge is 0.464 e. The van der Waals surface area contributed by atoms with Crippen molar-refractivity contribution in [1.29, 1.82) is 0 Å². The summed E-state index contributed by atoms with van der Waals surface area (Å²) in [6.45, 7) is 5.32. The van der Waals surface area contributed by atoms with Crippen LogP contribution in [-0.2, 0) is 9.53 Å². The summed E-state index contributed by atoms with van der Waals surface area (Å²) < 4.78 is 10.3. The van der Waals surface area contributed by atoms with Gasteiger partial charge in [-0.2, -0.15) is 0 Å². The molecule has 17 heavy (non-hydrogen) atoms. The molecule has 2 N–H and O–H groups in total. The summed E-state index contributed by atoms with van der Waals surface area (Å²) in [6, 6.07) is 3.65. The van der Waals surface area contributed by atoms with Gasteiger partial charge < -0.3 is 19.8 Å². The molecule has 1 aromatic heterocycles. The van der Waals surface area contributed by atoms with Crippen LogP contribution in [0.2, 0.25) is 0 Å². The van der Waals surface area contributed by atoms with Crippen molar-refractivity contribution in [2.75, 3.05) is 26.8 Å². The molecule has 5 nitrogen and oxygen atoms in total. The van der Waals surface area contributed by atoms with Crippen LogP contribution in [0.4, 0.5) is 0 Å². The van der Waals surface area contributed by atoms with E-state index in [4.69, 9.17) is 9.15 Å². The van der Waals surface area contributed by atoms with Crippen molar-refractivity contribution in [2.45, 2.75) is 19.9 Å².